The monoisotopic (exact) mass is 365 g/mol. The van der Waals surface area contributed by atoms with E-state index in [0.717, 1.165) is 11.1 Å². The third-order valence-electron chi connectivity index (χ3n) is 4.17. The lowest BCUT2D eigenvalue weighted by Crippen LogP contribution is -2.13. The van der Waals surface area contributed by atoms with Gasteiger partial charge in [-0.15, -0.1) is 0 Å². The summed E-state index contributed by atoms with van der Waals surface area (Å²) in [6, 6.07) is 20.5. The van der Waals surface area contributed by atoms with Gasteiger partial charge in [0.2, 0.25) is 5.91 Å². The highest BCUT2D eigenvalue weighted by Gasteiger charge is 2.23. The number of hydrogen-bond donors (Lipinski definition) is 1. The van der Waals surface area contributed by atoms with Gasteiger partial charge in [-0.05, 0) is 47.1 Å². The molecule has 4 nitrogen and oxygen atoms in total. The lowest BCUT2D eigenvalue weighted by Gasteiger charge is -2.17. The van der Waals surface area contributed by atoms with E-state index >= 15 is 0 Å². The Kier molecular flexibility index (Phi) is 5.30. The van der Waals surface area contributed by atoms with E-state index in [0.29, 0.717) is 27.3 Å². The molecule has 26 heavy (non-hydrogen) atoms. The first-order valence-corrected chi connectivity index (χ1v) is 9.59. The number of benzene rings is 3. The Hall–Kier alpha value is -2.76. The molecule has 0 aliphatic heterocycles. The van der Waals surface area contributed by atoms with Crippen LogP contribution >= 0.6 is 0 Å². The predicted octanol–water partition coefficient (Wildman–Crippen LogP) is 3.87. The number of hydrogen-bond acceptors (Lipinski definition) is 3. The lowest BCUT2D eigenvalue weighted by atomic mass is 9.95. The van der Waals surface area contributed by atoms with Crippen LogP contribution in [-0.4, -0.2) is 23.8 Å². The third-order valence-corrected chi connectivity index (χ3v) is 5.18. The van der Waals surface area contributed by atoms with Crippen molar-refractivity contribution >= 4 is 17.1 Å². The van der Waals surface area contributed by atoms with Gasteiger partial charge >= 0.3 is 0 Å². The van der Waals surface area contributed by atoms with Gasteiger partial charge in [-0.2, -0.15) is 0 Å². The van der Waals surface area contributed by atoms with E-state index in [-0.39, 0.29) is 0 Å². The quantitative estimate of drug-likeness (QED) is 0.698. The molecule has 3 rings (SSSR count). The topological polar surface area (TPSA) is 75.4 Å². The van der Waals surface area contributed by atoms with E-state index in [1.807, 2.05) is 48.5 Å². The van der Waals surface area contributed by atoms with Crippen LogP contribution in [0.15, 0.2) is 71.6 Å². The Morgan fingerprint density at radius 2 is 1.65 bits per heavy atom. The van der Waals surface area contributed by atoms with Crippen LogP contribution in [0.2, 0.25) is 0 Å². The fourth-order valence-electron chi connectivity index (χ4n) is 2.99. The molecular formula is C21H19NO3S. The number of nitrogens with two attached hydrogens (primary N) is 1. The van der Waals surface area contributed by atoms with Crippen LogP contribution in [0.3, 0.4) is 0 Å². The van der Waals surface area contributed by atoms with Gasteiger partial charge < -0.3 is 15.0 Å². The summed E-state index contributed by atoms with van der Waals surface area (Å²) in [5, 5.41) is 0. The van der Waals surface area contributed by atoms with E-state index in [1.54, 1.807) is 31.6 Å². The van der Waals surface area contributed by atoms with Crippen molar-refractivity contribution in [3.05, 3.63) is 72.3 Å². The standard InChI is InChI=1S/C21H19NO3S/c1-25-15-11-12-18(21(22)23)19(13-15)17-10-6-9-16(20(17)26(2)24)14-7-4-3-5-8-14/h3-13H,1-2H3,(H2,22,23). The number of rotatable bonds is 5. The van der Waals surface area contributed by atoms with Crippen LogP contribution in [0.1, 0.15) is 10.4 Å². The van der Waals surface area contributed by atoms with Crippen molar-refractivity contribution in [2.75, 3.05) is 13.4 Å². The number of carbonyl (C=O) groups excluding carboxylic acids is 1. The lowest BCUT2D eigenvalue weighted by molar-refractivity contribution is 0.100. The van der Waals surface area contributed by atoms with Crippen molar-refractivity contribution in [1.29, 1.82) is 0 Å². The van der Waals surface area contributed by atoms with Gasteiger partial charge in [-0.25, -0.2) is 0 Å². The Bertz CT molecular complexity index is 939. The van der Waals surface area contributed by atoms with Gasteiger partial charge in [0.05, 0.1) is 7.11 Å². The molecule has 0 fully saturated rings. The van der Waals surface area contributed by atoms with Gasteiger partial charge in [0, 0.05) is 22.3 Å². The highest BCUT2D eigenvalue weighted by molar-refractivity contribution is 7.91. The van der Waals surface area contributed by atoms with E-state index in [4.69, 9.17) is 10.5 Å². The van der Waals surface area contributed by atoms with Gasteiger partial charge in [0.25, 0.3) is 0 Å². The molecule has 0 bridgehead atoms. The minimum absolute atomic E-state index is 0.364. The number of primary amides is 1. The summed E-state index contributed by atoms with van der Waals surface area (Å²) in [5.41, 5.74) is 9.07. The molecule has 0 aromatic heterocycles. The van der Waals surface area contributed by atoms with Crippen LogP contribution in [0.4, 0.5) is 0 Å². The fourth-order valence-corrected chi connectivity index (χ4v) is 3.98. The molecule has 0 saturated heterocycles. The minimum Gasteiger partial charge on any atom is -0.612 e. The van der Waals surface area contributed by atoms with Crippen molar-refractivity contribution in [3.8, 4) is 28.0 Å². The molecule has 3 aromatic rings. The molecule has 0 aliphatic rings. The van der Waals surface area contributed by atoms with Crippen LogP contribution in [0.25, 0.3) is 22.3 Å². The minimum atomic E-state index is -1.28. The van der Waals surface area contributed by atoms with Crippen molar-refractivity contribution in [2.24, 2.45) is 5.73 Å². The number of carbonyl (C=O) groups is 1. The van der Waals surface area contributed by atoms with Crippen molar-refractivity contribution in [1.82, 2.24) is 0 Å². The number of ether oxygens (including phenoxy) is 1. The van der Waals surface area contributed by atoms with Crippen LogP contribution < -0.4 is 10.5 Å². The van der Waals surface area contributed by atoms with Crippen LogP contribution in [0.5, 0.6) is 5.75 Å². The van der Waals surface area contributed by atoms with Crippen LogP contribution in [0, 0.1) is 0 Å². The second kappa shape index (κ2) is 7.64. The highest BCUT2D eigenvalue weighted by Crippen LogP contribution is 2.38. The van der Waals surface area contributed by atoms with Gasteiger partial charge in [-0.3, -0.25) is 4.79 Å². The van der Waals surface area contributed by atoms with E-state index in [1.165, 1.54) is 0 Å². The molecule has 5 heteroatoms. The Morgan fingerprint density at radius 3 is 2.27 bits per heavy atom. The summed E-state index contributed by atoms with van der Waals surface area (Å²) in [7, 11) is 1.56. The SMILES string of the molecule is COc1ccc(C(N)=O)c(-c2cccc(-c3ccccc3)c2[S+](C)[O-])c1. The first-order valence-electron chi connectivity index (χ1n) is 8.03. The van der Waals surface area contributed by atoms with Crippen molar-refractivity contribution in [2.45, 2.75) is 4.90 Å². The maximum Gasteiger partial charge on any atom is 0.249 e. The predicted molar refractivity (Wildman–Crippen MR) is 105 cm³/mol. The van der Waals surface area contributed by atoms with Crippen molar-refractivity contribution in [3.63, 3.8) is 0 Å². The molecule has 0 radical (unpaired) electrons. The average molecular weight is 365 g/mol. The molecule has 0 saturated carbocycles. The molecule has 0 spiro atoms. The summed E-state index contributed by atoms with van der Waals surface area (Å²) in [5.74, 6) is 0.0588. The average Bonchev–Trinajstić information content (AvgIpc) is 2.67. The molecule has 132 valence electrons. The number of methoxy groups -OCH3 is 1. The summed E-state index contributed by atoms with van der Waals surface area (Å²) < 4.78 is 17.9. The molecule has 2 N–H and O–H groups in total. The molecule has 0 heterocycles. The molecule has 1 amide bonds. The summed E-state index contributed by atoms with van der Waals surface area (Å²) >= 11 is -1.28. The largest absolute Gasteiger partial charge is 0.612 e. The fraction of sp³-hybridized carbons (Fsp3) is 0.0952. The van der Waals surface area contributed by atoms with Gasteiger partial charge in [0.15, 0.2) is 4.90 Å². The second-order valence-corrected chi connectivity index (χ2v) is 7.09. The van der Waals surface area contributed by atoms with E-state index in [9.17, 15) is 9.35 Å². The molecular weight excluding hydrogens is 346 g/mol. The Labute approximate surface area is 155 Å². The van der Waals surface area contributed by atoms with Crippen LogP contribution in [-0.2, 0) is 11.2 Å². The highest BCUT2D eigenvalue weighted by atomic mass is 32.2. The number of amides is 1. The summed E-state index contributed by atoms with van der Waals surface area (Å²) in [6.45, 7) is 0. The molecule has 1 unspecified atom stereocenters. The first-order chi connectivity index (χ1) is 12.5. The Balaban J connectivity index is 2.32. The maximum absolute atomic E-state index is 12.6. The van der Waals surface area contributed by atoms with E-state index < -0.39 is 17.1 Å². The van der Waals surface area contributed by atoms with Gasteiger partial charge in [-0.1, -0.05) is 36.4 Å². The van der Waals surface area contributed by atoms with Crippen molar-refractivity contribution < 1.29 is 14.1 Å². The normalized spacial score (nSPS) is 11.8. The zero-order valence-electron chi connectivity index (χ0n) is 14.6. The molecule has 3 aromatic carbocycles. The third kappa shape index (κ3) is 3.45. The zero-order valence-corrected chi connectivity index (χ0v) is 15.4. The van der Waals surface area contributed by atoms with Gasteiger partial charge in [0.1, 0.15) is 12.0 Å². The maximum atomic E-state index is 12.6. The zero-order chi connectivity index (χ0) is 18.7. The summed E-state index contributed by atoms with van der Waals surface area (Å²) in [6.07, 6.45) is 1.63. The summed E-state index contributed by atoms with van der Waals surface area (Å²) in [4.78, 5) is 12.6. The second-order valence-electron chi connectivity index (χ2n) is 5.78. The molecule has 0 aliphatic carbocycles. The Morgan fingerprint density at radius 1 is 0.962 bits per heavy atom. The smallest absolute Gasteiger partial charge is 0.249 e. The first kappa shape index (κ1) is 18.0. The van der Waals surface area contributed by atoms with E-state index in [2.05, 4.69) is 0 Å². The molecule has 1 atom stereocenters.